The van der Waals surface area contributed by atoms with Crippen molar-refractivity contribution in [2.45, 2.75) is 211 Å². The molecule has 286 valence electrons. The van der Waals surface area contributed by atoms with Gasteiger partial charge in [-0.2, -0.15) is 0 Å². The Hall–Kier alpha value is -1.29. The van der Waals surface area contributed by atoms with Crippen LogP contribution in [0.5, 0.6) is 0 Å². The third-order valence-corrected chi connectivity index (χ3v) is 11.0. The summed E-state index contributed by atoms with van der Waals surface area (Å²) in [7, 11) is 0. The molecule has 7 atom stereocenters. The van der Waals surface area contributed by atoms with E-state index < -0.39 is 43.1 Å². The summed E-state index contributed by atoms with van der Waals surface area (Å²) in [4.78, 5) is 13.2. The normalized spacial score (nSPS) is 26.6. The van der Waals surface area contributed by atoms with Gasteiger partial charge >= 0.3 is 0 Å². The van der Waals surface area contributed by atoms with Crippen molar-refractivity contribution in [3.05, 3.63) is 23.3 Å². The Morgan fingerprint density at radius 2 is 1.33 bits per heavy atom. The minimum atomic E-state index is -1.44. The molecule has 8 nitrogen and oxygen atoms in total. The Kier molecular flexibility index (Phi) is 24.5. The summed E-state index contributed by atoms with van der Waals surface area (Å²) in [5, 5.41) is 58.7. The highest BCUT2D eigenvalue weighted by molar-refractivity contribution is 5.76. The predicted molar refractivity (Wildman–Crippen MR) is 201 cm³/mol. The molecule has 7 N–H and O–H groups in total. The molecule has 7 unspecified atom stereocenters. The second-order valence-corrected chi connectivity index (χ2v) is 15.3. The fraction of sp³-hybridized carbons (Fsp3) is 0.878. The zero-order valence-corrected chi connectivity index (χ0v) is 31.4. The summed E-state index contributed by atoms with van der Waals surface area (Å²) in [6.07, 6.45) is 28.3. The zero-order valence-electron chi connectivity index (χ0n) is 31.4. The second-order valence-electron chi connectivity index (χ2n) is 15.3. The van der Waals surface area contributed by atoms with E-state index in [1.807, 2.05) is 6.08 Å². The predicted octanol–water partition coefficient (Wildman–Crippen LogP) is 7.15. The molecule has 0 aliphatic heterocycles. The van der Waals surface area contributed by atoms with Gasteiger partial charge in [-0.25, -0.2) is 0 Å². The quantitative estimate of drug-likeness (QED) is 0.0500. The standard InChI is InChI=1S/C41H76N2O6/c1-3-4-5-6-7-8-9-10-11-15-18-21-24-27-38(46)43-36(30-42-35-28-34(31-44)39(47)41(49)40(35)48)37(45)29-33-26-23-20-17-14-12-13-16-19-22-25-32(33)2/h28-29,32,35-37,39-42,44-45,47-49H,3-27,30-31H2,1-2H3,(H,43,46)/b33-29+. The van der Waals surface area contributed by atoms with Crippen LogP contribution in [0, 0.1) is 5.92 Å². The maximum Gasteiger partial charge on any atom is 0.220 e. The number of hydrogen-bond acceptors (Lipinski definition) is 7. The SMILES string of the molecule is CCCCCCCCCCCCCCCC(=O)NC(CNC1C=C(CO)C(O)C(O)C1O)C(O)/C=C1\CCCCCCCCCCCC1C. The zero-order chi connectivity index (χ0) is 35.7. The molecule has 1 saturated carbocycles. The first-order valence-corrected chi connectivity index (χ1v) is 20.6. The van der Waals surface area contributed by atoms with E-state index in [-0.39, 0.29) is 18.0 Å². The molecule has 0 aromatic carbocycles. The highest BCUT2D eigenvalue weighted by atomic mass is 16.4. The molecular weight excluding hydrogens is 616 g/mol. The van der Waals surface area contributed by atoms with Gasteiger partial charge in [0.1, 0.15) is 18.3 Å². The van der Waals surface area contributed by atoms with Crippen LogP contribution >= 0.6 is 0 Å². The number of aliphatic hydroxyl groups excluding tert-OH is 5. The van der Waals surface area contributed by atoms with E-state index in [1.54, 1.807) is 0 Å². The topological polar surface area (TPSA) is 142 Å². The van der Waals surface area contributed by atoms with Gasteiger partial charge in [0.2, 0.25) is 5.91 Å². The van der Waals surface area contributed by atoms with Crippen molar-refractivity contribution in [2.24, 2.45) is 5.92 Å². The van der Waals surface area contributed by atoms with Crippen molar-refractivity contribution in [2.75, 3.05) is 13.2 Å². The lowest BCUT2D eigenvalue weighted by Gasteiger charge is -2.35. The van der Waals surface area contributed by atoms with Crippen LogP contribution in [0.4, 0.5) is 0 Å². The fourth-order valence-corrected chi connectivity index (χ4v) is 7.51. The van der Waals surface area contributed by atoms with E-state index >= 15 is 0 Å². The second kappa shape index (κ2) is 27.4. The minimum Gasteiger partial charge on any atom is -0.392 e. The number of amides is 1. The molecule has 0 aromatic heterocycles. The number of nitrogens with one attached hydrogen (secondary N) is 2. The lowest BCUT2D eigenvalue weighted by Crippen LogP contribution is -2.57. The van der Waals surface area contributed by atoms with Crippen LogP contribution in [-0.4, -0.2) is 81.1 Å². The first-order chi connectivity index (χ1) is 23.8. The molecule has 0 heterocycles. The highest BCUT2D eigenvalue weighted by Gasteiger charge is 2.37. The number of unbranched alkanes of at least 4 members (excludes halogenated alkanes) is 12. The van der Waals surface area contributed by atoms with E-state index in [4.69, 9.17) is 0 Å². The third-order valence-electron chi connectivity index (χ3n) is 11.0. The molecule has 0 aromatic rings. The molecule has 1 fully saturated rings. The molecular formula is C41H76N2O6. The van der Waals surface area contributed by atoms with Crippen molar-refractivity contribution < 1.29 is 30.3 Å². The van der Waals surface area contributed by atoms with E-state index in [2.05, 4.69) is 24.5 Å². The average Bonchev–Trinajstić information content (AvgIpc) is 3.11. The maximum atomic E-state index is 13.2. The van der Waals surface area contributed by atoms with Crippen LogP contribution in [0.15, 0.2) is 23.3 Å². The van der Waals surface area contributed by atoms with Gasteiger partial charge in [0.15, 0.2) is 0 Å². The number of carbonyl (C=O) groups is 1. The summed E-state index contributed by atoms with van der Waals surface area (Å²) >= 11 is 0. The van der Waals surface area contributed by atoms with Crippen LogP contribution in [0.1, 0.15) is 174 Å². The lowest BCUT2D eigenvalue weighted by molar-refractivity contribution is -0.122. The van der Waals surface area contributed by atoms with E-state index in [0.29, 0.717) is 12.3 Å². The van der Waals surface area contributed by atoms with Crippen molar-refractivity contribution in [3.8, 4) is 0 Å². The Balaban J connectivity index is 1.96. The molecule has 0 radical (unpaired) electrons. The molecule has 49 heavy (non-hydrogen) atoms. The lowest BCUT2D eigenvalue weighted by atomic mass is 9.87. The number of hydrogen-bond donors (Lipinski definition) is 7. The van der Waals surface area contributed by atoms with Gasteiger partial charge in [-0.3, -0.25) is 4.79 Å². The first kappa shape index (κ1) is 43.9. The van der Waals surface area contributed by atoms with Gasteiger partial charge in [-0.05, 0) is 37.2 Å². The summed E-state index contributed by atoms with van der Waals surface area (Å²) in [5.74, 6) is 0.263. The van der Waals surface area contributed by atoms with Gasteiger partial charge in [-0.15, -0.1) is 0 Å². The molecule has 1 amide bonds. The Labute approximate surface area is 299 Å². The Bertz CT molecular complexity index is 910. The van der Waals surface area contributed by atoms with Gasteiger partial charge in [0.25, 0.3) is 0 Å². The van der Waals surface area contributed by atoms with Crippen molar-refractivity contribution >= 4 is 5.91 Å². The number of carbonyl (C=O) groups excluding carboxylic acids is 1. The molecule has 0 bridgehead atoms. The monoisotopic (exact) mass is 693 g/mol. The van der Waals surface area contributed by atoms with Crippen LogP contribution in [-0.2, 0) is 4.79 Å². The molecule has 2 aliphatic carbocycles. The molecule has 2 rings (SSSR count). The number of rotatable bonds is 21. The number of allylic oxidation sites excluding steroid dienone is 1. The van der Waals surface area contributed by atoms with Crippen molar-refractivity contribution in [3.63, 3.8) is 0 Å². The van der Waals surface area contributed by atoms with Gasteiger partial charge in [0.05, 0.1) is 24.8 Å². The summed E-state index contributed by atoms with van der Waals surface area (Å²) in [6, 6.07) is -1.38. The Morgan fingerprint density at radius 3 is 1.90 bits per heavy atom. The molecule has 8 heteroatoms. The average molecular weight is 693 g/mol. The van der Waals surface area contributed by atoms with Crippen LogP contribution in [0.3, 0.4) is 0 Å². The van der Waals surface area contributed by atoms with Crippen LogP contribution in [0.2, 0.25) is 0 Å². The first-order valence-electron chi connectivity index (χ1n) is 20.6. The Morgan fingerprint density at radius 1 is 0.796 bits per heavy atom. The maximum absolute atomic E-state index is 13.2. The third kappa shape index (κ3) is 18.7. The van der Waals surface area contributed by atoms with Gasteiger partial charge in [0, 0.05) is 13.0 Å². The number of aliphatic hydroxyl groups is 5. The largest absolute Gasteiger partial charge is 0.392 e. The molecule has 0 saturated heterocycles. The minimum absolute atomic E-state index is 0.0958. The van der Waals surface area contributed by atoms with E-state index in [9.17, 15) is 30.3 Å². The summed E-state index contributed by atoms with van der Waals surface area (Å²) < 4.78 is 0. The molecule has 2 aliphatic rings. The molecule has 0 spiro atoms. The van der Waals surface area contributed by atoms with Crippen LogP contribution < -0.4 is 10.6 Å². The summed E-state index contributed by atoms with van der Waals surface area (Å²) in [6.45, 7) is 4.23. The highest BCUT2D eigenvalue weighted by Crippen LogP contribution is 2.26. The van der Waals surface area contributed by atoms with Crippen molar-refractivity contribution in [1.29, 1.82) is 0 Å². The smallest absolute Gasteiger partial charge is 0.220 e. The summed E-state index contributed by atoms with van der Waals surface area (Å²) in [5.41, 5.74) is 1.49. The van der Waals surface area contributed by atoms with E-state index in [1.165, 1.54) is 127 Å². The van der Waals surface area contributed by atoms with Gasteiger partial charge < -0.3 is 36.2 Å². The fourth-order valence-electron chi connectivity index (χ4n) is 7.51. The van der Waals surface area contributed by atoms with Gasteiger partial charge in [-0.1, -0.05) is 160 Å². The van der Waals surface area contributed by atoms with Crippen molar-refractivity contribution in [1.82, 2.24) is 10.6 Å². The van der Waals surface area contributed by atoms with E-state index in [0.717, 1.165) is 38.5 Å². The van der Waals surface area contributed by atoms with Crippen LogP contribution in [0.25, 0.3) is 0 Å².